The monoisotopic (exact) mass is 536 g/mol. The van der Waals surface area contributed by atoms with Crippen molar-refractivity contribution in [3.05, 3.63) is 53.6 Å². The third kappa shape index (κ3) is 7.09. The van der Waals surface area contributed by atoms with Crippen LogP contribution >= 0.6 is 0 Å². The molecule has 1 aliphatic rings. The van der Waals surface area contributed by atoms with Crippen molar-refractivity contribution in [2.24, 2.45) is 5.92 Å². The number of alkyl halides is 3. The van der Waals surface area contributed by atoms with Gasteiger partial charge in [0.2, 0.25) is 5.91 Å². The molecule has 0 bridgehead atoms. The number of anilines is 2. The maximum atomic E-state index is 13.2. The third-order valence-corrected chi connectivity index (χ3v) is 6.68. The van der Waals surface area contributed by atoms with Gasteiger partial charge >= 0.3 is 12.2 Å². The molecule has 2 N–H and O–H groups in total. The van der Waals surface area contributed by atoms with Gasteiger partial charge < -0.3 is 29.9 Å². The van der Waals surface area contributed by atoms with Gasteiger partial charge in [0.15, 0.2) is 0 Å². The van der Waals surface area contributed by atoms with Gasteiger partial charge in [0.1, 0.15) is 11.9 Å². The Morgan fingerprint density at radius 3 is 2.42 bits per heavy atom. The number of carbonyl (C=O) groups is 2. The zero-order chi connectivity index (χ0) is 28.2. The molecule has 0 aromatic heterocycles. The molecule has 0 spiro atoms. The SMILES string of the molecule is C[C@@H]1CN([C@@H](C)CO)C(=O)Cc2cc(N(C)C)ccc2O[C@H]1CN(C)C(=O)Nc1ccc(C(F)(F)F)cc1. The van der Waals surface area contributed by atoms with Crippen molar-refractivity contribution in [2.75, 3.05) is 51.1 Å². The van der Waals surface area contributed by atoms with Crippen molar-refractivity contribution in [3.8, 4) is 5.75 Å². The summed E-state index contributed by atoms with van der Waals surface area (Å²) in [6.07, 6.45) is -4.87. The first kappa shape index (κ1) is 29.1. The molecule has 11 heteroatoms. The zero-order valence-electron chi connectivity index (χ0n) is 22.2. The van der Waals surface area contributed by atoms with Gasteiger partial charge in [-0.05, 0) is 49.4 Å². The normalized spacial score (nSPS) is 18.9. The number of aliphatic hydroxyl groups excluding tert-OH is 1. The summed E-state index contributed by atoms with van der Waals surface area (Å²) in [6, 6.07) is 8.90. The Bertz CT molecular complexity index is 1120. The van der Waals surface area contributed by atoms with Gasteiger partial charge in [0, 0.05) is 50.5 Å². The number of aliphatic hydroxyl groups is 1. The number of benzene rings is 2. The first-order valence-corrected chi connectivity index (χ1v) is 12.4. The van der Waals surface area contributed by atoms with Crippen LogP contribution in [-0.2, 0) is 17.4 Å². The van der Waals surface area contributed by atoms with Crippen LogP contribution < -0.4 is 15.0 Å². The number of likely N-dealkylation sites (N-methyl/N-ethyl adjacent to an activating group) is 1. The standard InChI is InChI=1S/C27H35F3N4O4/c1-17-14-34(18(2)16-35)25(36)13-19-12-22(32(3)4)10-11-23(19)38-24(17)15-33(5)26(37)31-21-8-6-20(7-9-21)27(28,29)30/h6-12,17-18,24,35H,13-16H2,1-5H3,(H,31,37)/t17-,18+,24+/m1/s1. The van der Waals surface area contributed by atoms with E-state index in [4.69, 9.17) is 4.74 Å². The summed E-state index contributed by atoms with van der Waals surface area (Å²) in [7, 11) is 5.36. The highest BCUT2D eigenvalue weighted by molar-refractivity contribution is 5.89. The fraction of sp³-hybridized carbons (Fsp3) is 0.481. The summed E-state index contributed by atoms with van der Waals surface area (Å²) in [5.74, 6) is 0.192. The Hall–Kier alpha value is -3.47. The summed E-state index contributed by atoms with van der Waals surface area (Å²) in [5.41, 5.74) is 1.03. The van der Waals surface area contributed by atoms with E-state index in [1.807, 2.05) is 44.1 Å². The smallest absolute Gasteiger partial charge is 0.416 e. The van der Waals surface area contributed by atoms with Gasteiger partial charge in [-0.3, -0.25) is 4.79 Å². The minimum Gasteiger partial charge on any atom is -0.488 e. The van der Waals surface area contributed by atoms with Crippen LogP contribution in [0.3, 0.4) is 0 Å². The average molecular weight is 537 g/mol. The molecule has 0 unspecified atom stereocenters. The number of amides is 3. The maximum Gasteiger partial charge on any atom is 0.416 e. The van der Waals surface area contributed by atoms with Crippen molar-refractivity contribution in [1.29, 1.82) is 0 Å². The molecule has 2 aromatic carbocycles. The molecule has 8 nitrogen and oxygen atoms in total. The van der Waals surface area contributed by atoms with E-state index in [2.05, 4.69) is 5.32 Å². The Labute approximate surface area is 221 Å². The van der Waals surface area contributed by atoms with E-state index in [1.54, 1.807) is 18.9 Å². The van der Waals surface area contributed by atoms with Gasteiger partial charge in [-0.2, -0.15) is 13.2 Å². The quantitative estimate of drug-likeness (QED) is 0.581. The van der Waals surface area contributed by atoms with E-state index in [1.165, 1.54) is 17.0 Å². The van der Waals surface area contributed by atoms with E-state index >= 15 is 0 Å². The van der Waals surface area contributed by atoms with Gasteiger partial charge in [0.05, 0.1) is 31.2 Å². The molecule has 1 aliphatic heterocycles. The van der Waals surface area contributed by atoms with Crippen LogP contribution in [-0.4, -0.2) is 79.8 Å². The molecular weight excluding hydrogens is 501 g/mol. The highest BCUT2D eigenvalue weighted by atomic mass is 19.4. The van der Waals surface area contributed by atoms with Crippen LogP contribution in [0.1, 0.15) is 25.0 Å². The van der Waals surface area contributed by atoms with Crippen molar-refractivity contribution in [2.45, 2.75) is 38.6 Å². The Balaban J connectivity index is 1.83. The Kier molecular flexibility index (Phi) is 9.14. The van der Waals surface area contributed by atoms with E-state index in [0.29, 0.717) is 17.9 Å². The van der Waals surface area contributed by atoms with Crippen LogP contribution in [0.5, 0.6) is 5.75 Å². The van der Waals surface area contributed by atoms with E-state index < -0.39 is 29.9 Å². The lowest BCUT2D eigenvalue weighted by molar-refractivity contribution is -0.137. The predicted molar refractivity (Wildman–Crippen MR) is 139 cm³/mol. The van der Waals surface area contributed by atoms with Gasteiger partial charge in [-0.15, -0.1) is 0 Å². The number of hydrogen-bond donors (Lipinski definition) is 2. The molecule has 1 heterocycles. The molecule has 0 radical (unpaired) electrons. The van der Waals surface area contributed by atoms with E-state index in [-0.39, 0.29) is 37.1 Å². The molecule has 3 atom stereocenters. The molecule has 2 aromatic rings. The van der Waals surface area contributed by atoms with Crippen molar-refractivity contribution < 1.29 is 32.6 Å². The zero-order valence-corrected chi connectivity index (χ0v) is 22.2. The lowest BCUT2D eigenvalue weighted by Gasteiger charge is -2.34. The molecular formula is C27H35F3N4O4. The summed E-state index contributed by atoms with van der Waals surface area (Å²) < 4.78 is 44.9. The van der Waals surface area contributed by atoms with Gasteiger partial charge in [-0.25, -0.2) is 4.79 Å². The molecule has 3 amide bonds. The van der Waals surface area contributed by atoms with Crippen molar-refractivity contribution >= 4 is 23.3 Å². The maximum absolute atomic E-state index is 13.2. The van der Waals surface area contributed by atoms with E-state index in [9.17, 15) is 27.9 Å². The van der Waals surface area contributed by atoms with Crippen LogP contribution in [0.15, 0.2) is 42.5 Å². The van der Waals surface area contributed by atoms with Crippen molar-refractivity contribution in [1.82, 2.24) is 9.80 Å². The summed E-state index contributed by atoms with van der Waals surface area (Å²) in [4.78, 5) is 31.1. The molecule has 0 aliphatic carbocycles. The average Bonchev–Trinajstić information content (AvgIpc) is 2.90. The number of nitrogens with one attached hydrogen (secondary N) is 1. The molecule has 0 saturated heterocycles. The number of hydrogen-bond acceptors (Lipinski definition) is 5. The largest absolute Gasteiger partial charge is 0.488 e. The minimum atomic E-state index is -4.46. The summed E-state index contributed by atoms with van der Waals surface area (Å²) in [5, 5.41) is 12.4. The van der Waals surface area contributed by atoms with E-state index in [0.717, 1.165) is 17.8 Å². The van der Waals surface area contributed by atoms with Gasteiger partial charge in [-0.1, -0.05) is 6.92 Å². The van der Waals surface area contributed by atoms with Crippen LogP contribution in [0.25, 0.3) is 0 Å². The molecule has 38 heavy (non-hydrogen) atoms. The number of halogens is 3. The highest BCUT2D eigenvalue weighted by Crippen LogP contribution is 2.31. The minimum absolute atomic E-state index is 0.102. The second kappa shape index (κ2) is 11.9. The predicted octanol–water partition coefficient (Wildman–Crippen LogP) is 4.08. The molecule has 208 valence electrons. The molecule has 0 fully saturated rings. The van der Waals surface area contributed by atoms with Gasteiger partial charge in [0.25, 0.3) is 0 Å². The van der Waals surface area contributed by atoms with Crippen molar-refractivity contribution in [3.63, 3.8) is 0 Å². The second-order valence-corrected chi connectivity index (χ2v) is 9.96. The molecule has 3 rings (SSSR count). The Morgan fingerprint density at radius 1 is 1.18 bits per heavy atom. The summed E-state index contributed by atoms with van der Waals surface area (Å²) >= 11 is 0. The fourth-order valence-corrected chi connectivity index (χ4v) is 4.23. The topological polar surface area (TPSA) is 85.4 Å². The number of nitrogens with zero attached hydrogens (tertiary/aromatic N) is 3. The lowest BCUT2D eigenvalue weighted by atomic mass is 10.0. The van der Waals surface area contributed by atoms with Crippen LogP contribution in [0.2, 0.25) is 0 Å². The Morgan fingerprint density at radius 2 is 1.84 bits per heavy atom. The number of carbonyl (C=O) groups excluding carboxylic acids is 2. The van der Waals surface area contributed by atoms with Crippen LogP contribution in [0, 0.1) is 5.92 Å². The number of rotatable bonds is 6. The third-order valence-electron chi connectivity index (χ3n) is 6.68. The first-order valence-electron chi connectivity index (χ1n) is 12.4. The summed E-state index contributed by atoms with van der Waals surface area (Å²) in [6.45, 7) is 3.96. The number of ether oxygens (including phenoxy) is 1. The van der Waals surface area contributed by atoms with Crippen LogP contribution in [0.4, 0.5) is 29.3 Å². The highest BCUT2D eigenvalue weighted by Gasteiger charge is 2.32. The first-order chi connectivity index (χ1) is 17.8. The fourth-order valence-electron chi connectivity index (χ4n) is 4.23. The number of fused-ring (bicyclic) bond motifs is 1. The molecule has 0 saturated carbocycles. The number of urea groups is 1. The second-order valence-electron chi connectivity index (χ2n) is 9.96. The lowest BCUT2D eigenvalue weighted by Crippen LogP contribution is -2.48.